The summed E-state index contributed by atoms with van der Waals surface area (Å²) >= 11 is 0. The standard InChI is InChI=1S/C19H28N6/c1-4-24(5-2)16-9-10-17(15(3)13-16)21-19-22-18(14-20-23-19)25-11-7-6-8-12-25/h9-10,13-14H,4-8,11-12H2,1-3H3,(H,21,22,23). The van der Waals surface area contributed by atoms with Crippen LogP contribution in [0.25, 0.3) is 0 Å². The lowest BCUT2D eigenvalue weighted by Crippen LogP contribution is -2.30. The van der Waals surface area contributed by atoms with E-state index in [4.69, 9.17) is 0 Å². The summed E-state index contributed by atoms with van der Waals surface area (Å²) in [5.74, 6) is 1.47. The third kappa shape index (κ3) is 4.18. The molecule has 2 heterocycles. The highest BCUT2D eigenvalue weighted by Gasteiger charge is 2.14. The van der Waals surface area contributed by atoms with Crippen LogP contribution >= 0.6 is 0 Å². The summed E-state index contributed by atoms with van der Waals surface area (Å²) in [7, 11) is 0. The van der Waals surface area contributed by atoms with E-state index in [9.17, 15) is 0 Å². The molecule has 0 atom stereocenters. The predicted molar refractivity (Wildman–Crippen MR) is 104 cm³/mol. The fraction of sp³-hybridized carbons (Fsp3) is 0.526. The van der Waals surface area contributed by atoms with Crippen molar-refractivity contribution in [3.8, 4) is 0 Å². The number of nitrogens with one attached hydrogen (secondary N) is 1. The molecule has 6 nitrogen and oxygen atoms in total. The van der Waals surface area contributed by atoms with Gasteiger partial charge in [0, 0.05) is 37.6 Å². The summed E-state index contributed by atoms with van der Waals surface area (Å²) in [4.78, 5) is 9.28. The van der Waals surface area contributed by atoms with Crippen LogP contribution in [0.5, 0.6) is 0 Å². The highest BCUT2D eigenvalue weighted by atomic mass is 15.3. The maximum atomic E-state index is 4.65. The van der Waals surface area contributed by atoms with E-state index in [0.29, 0.717) is 5.95 Å². The summed E-state index contributed by atoms with van der Waals surface area (Å²) in [5, 5.41) is 11.6. The zero-order valence-electron chi connectivity index (χ0n) is 15.5. The Kier molecular flexibility index (Phi) is 5.68. The Bertz CT molecular complexity index is 692. The van der Waals surface area contributed by atoms with Gasteiger partial charge in [0.25, 0.3) is 0 Å². The number of rotatable bonds is 6. The van der Waals surface area contributed by atoms with Crippen LogP contribution in [0.2, 0.25) is 0 Å². The van der Waals surface area contributed by atoms with Gasteiger partial charge in [-0.3, -0.25) is 0 Å². The van der Waals surface area contributed by atoms with Crippen molar-refractivity contribution in [1.29, 1.82) is 0 Å². The van der Waals surface area contributed by atoms with E-state index >= 15 is 0 Å². The van der Waals surface area contributed by atoms with Gasteiger partial charge in [-0.2, -0.15) is 10.1 Å². The molecule has 0 spiro atoms. The maximum Gasteiger partial charge on any atom is 0.249 e. The van der Waals surface area contributed by atoms with Gasteiger partial charge in [-0.1, -0.05) is 0 Å². The van der Waals surface area contributed by atoms with Gasteiger partial charge in [-0.15, -0.1) is 5.10 Å². The Morgan fingerprint density at radius 2 is 1.88 bits per heavy atom. The average molecular weight is 340 g/mol. The molecule has 2 aromatic rings. The van der Waals surface area contributed by atoms with Crippen LogP contribution in [0.3, 0.4) is 0 Å². The molecule has 3 rings (SSSR count). The van der Waals surface area contributed by atoms with Gasteiger partial charge in [-0.05, 0) is 63.8 Å². The summed E-state index contributed by atoms with van der Waals surface area (Å²) < 4.78 is 0. The van der Waals surface area contributed by atoms with E-state index < -0.39 is 0 Å². The quantitative estimate of drug-likeness (QED) is 0.864. The summed E-state index contributed by atoms with van der Waals surface area (Å²) in [6, 6.07) is 6.45. The number of hydrogen-bond acceptors (Lipinski definition) is 6. The third-order valence-electron chi connectivity index (χ3n) is 4.81. The third-order valence-corrected chi connectivity index (χ3v) is 4.81. The fourth-order valence-corrected chi connectivity index (χ4v) is 3.32. The van der Waals surface area contributed by atoms with Crippen LogP contribution in [0, 0.1) is 6.92 Å². The summed E-state index contributed by atoms with van der Waals surface area (Å²) in [6.07, 6.45) is 5.50. The number of aryl methyl sites for hydroxylation is 1. The van der Waals surface area contributed by atoms with Gasteiger partial charge in [0.2, 0.25) is 5.95 Å². The van der Waals surface area contributed by atoms with Crippen LogP contribution in [0.1, 0.15) is 38.7 Å². The van der Waals surface area contributed by atoms with Gasteiger partial charge >= 0.3 is 0 Å². The number of anilines is 4. The predicted octanol–water partition coefficient (Wildman–Crippen LogP) is 3.76. The smallest absolute Gasteiger partial charge is 0.249 e. The van der Waals surface area contributed by atoms with Gasteiger partial charge in [0.05, 0.1) is 6.20 Å². The zero-order valence-corrected chi connectivity index (χ0v) is 15.5. The summed E-state index contributed by atoms with van der Waals surface area (Å²) in [5.41, 5.74) is 3.44. The van der Waals surface area contributed by atoms with E-state index in [0.717, 1.165) is 37.7 Å². The van der Waals surface area contributed by atoms with Crippen LogP contribution in [-0.2, 0) is 0 Å². The van der Waals surface area contributed by atoms with Crippen molar-refractivity contribution in [2.24, 2.45) is 0 Å². The molecule has 0 aliphatic carbocycles. The Balaban J connectivity index is 1.76. The fourth-order valence-electron chi connectivity index (χ4n) is 3.32. The van der Waals surface area contributed by atoms with Gasteiger partial charge in [-0.25, -0.2) is 0 Å². The van der Waals surface area contributed by atoms with Crippen molar-refractivity contribution in [3.05, 3.63) is 30.0 Å². The lowest BCUT2D eigenvalue weighted by atomic mass is 10.1. The molecular weight excluding hydrogens is 312 g/mol. The lowest BCUT2D eigenvalue weighted by molar-refractivity contribution is 0.572. The van der Waals surface area contributed by atoms with E-state index in [-0.39, 0.29) is 0 Å². The molecule has 1 fully saturated rings. The molecule has 0 saturated carbocycles. The number of aromatic nitrogens is 3. The Labute approximate surface area is 150 Å². The first-order chi connectivity index (χ1) is 12.2. The number of nitrogens with zero attached hydrogens (tertiary/aromatic N) is 5. The highest BCUT2D eigenvalue weighted by Crippen LogP contribution is 2.25. The van der Waals surface area contributed by atoms with Gasteiger partial charge in [0.1, 0.15) is 0 Å². The minimum absolute atomic E-state index is 0.557. The highest BCUT2D eigenvalue weighted by molar-refractivity contribution is 5.64. The van der Waals surface area contributed by atoms with Crippen molar-refractivity contribution in [2.75, 3.05) is 41.3 Å². The molecule has 1 aromatic carbocycles. The second-order valence-electron chi connectivity index (χ2n) is 6.48. The normalized spacial score (nSPS) is 14.4. The molecule has 1 aliphatic heterocycles. The molecule has 0 bridgehead atoms. The van der Waals surface area contributed by atoms with Crippen LogP contribution in [0.4, 0.5) is 23.1 Å². The molecule has 1 N–H and O–H groups in total. The first kappa shape index (κ1) is 17.5. The van der Waals surface area contributed by atoms with Crippen LogP contribution < -0.4 is 15.1 Å². The molecule has 6 heteroatoms. The van der Waals surface area contributed by atoms with E-state index in [1.54, 1.807) is 6.20 Å². The first-order valence-corrected chi connectivity index (χ1v) is 9.28. The molecule has 1 aromatic heterocycles. The Morgan fingerprint density at radius 1 is 1.12 bits per heavy atom. The van der Waals surface area contributed by atoms with Gasteiger partial charge in [0.15, 0.2) is 5.82 Å². The van der Waals surface area contributed by atoms with Crippen molar-refractivity contribution >= 4 is 23.1 Å². The molecule has 0 unspecified atom stereocenters. The molecule has 0 amide bonds. The van der Waals surface area contributed by atoms with Crippen LogP contribution in [0.15, 0.2) is 24.4 Å². The largest absolute Gasteiger partial charge is 0.372 e. The second kappa shape index (κ2) is 8.14. The molecule has 134 valence electrons. The topological polar surface area (TPSA) is 57.2 Å². The number of benzene rings is 1. The number of hydrogen-bond donors (Lipinski definition) is 1. The average Bonchev–Trinajstić information content (AvgIpc) is 2.66. The molecule has 1 aliphatic rings. The van der Waals surface area contributed by atoms with Crippen molar-refractivity contribution in [1.82, 2.24) is 15.2 Å². The van der Waals surface area contributed by atoms with Crippen molar-refractivity contribution < 1.29 is 0 Å². The van der Waals surface area contributed by atoms with E-state index in [1.807, 2.05) is 0 Å². The number of piperidine rings is 1. The Morgan fingerprint density at radius 3 is 2.56 bits per heavy atom. The van der Waals surface area contributed by atoms with Crippen molar-refractivity contribution in [3.63, 3.8) is 0 Å². The monoisotopic (exact) mass is 340 g/mol. The van der Waals surface area contributed by atoms with Crippen molar-refractivity contribution in [2.45, 2.75) is 40.0 Å². The zero-order chi connectivity index (χ0) is 17.6. The lowest BCUT2D eigenvalue weighted by Gasteiger charge is -2.27. The Hall–Kier alpha value is -2.37. The first-order valence-electron chi connectivity index (χ1n) is 9.28. The van der Waals surface area contributed by atoms with Gasteiger partial charge < -0.3 is 15.1 Å². The SMILES string of the molecule is CCN(CC)c1ccc(Nc2nncc(N3CCCCC3)n2)c(C)c1. The molecule has 25 heavy (non-hydrogen) atoms. The van der Waals surface area contributed by atoms with E-state index in [1.165, 1.54) is 30.5 Å². The minimum Gasteiger partial charge on any atom is -0.372 e. The minimum atomic E-state index is 0.557. The molecule has 1 saturated heterocycles. The molecular formula is C19H28N6. The second-order valence-corrected chi connectivity index (χ2v) is 6.48. The molecule has 0 radical (unpaired) electrons. The maximum absolute atomic E-state index is 4.65. The van der Waals surface area contributed by atoms with Crippen LogP contribution in [-0.4, -0.2) is 41.4 Å². The van der Waals surface area contributed by atoms with E-state index in [2.05, 4.69) is 69.3 Å². The summed E-state index contributed by atoms with van der Waals surface area (Å²) in [6.45, 7) is 10.6.